The van der Waals surface area contributed by atoms with E-state index in [2.05, 4.69) is 54.7 Å². The summed E-state index contributed by atoms with van der Waals surface area (Å²) in [5, 5.41) is 6.46. The van der Waals surface area contributed by atoms with Crippen LogP contribution in [0.1, 0.15) is 38.1 Å². The summed E-state index contributed by atoms with van der Waals surface area (Å²) >= 11 is 0. The number of fused-ring (bicyclic) bond motifs is 8. The minimum Gasteiger partial charge on any atom is -0.366 e. The summed E-state index contributed by atoms with van der Waals surface area (Å²) < 4.78 is 0. The Morgan fingerprint density at radius 2 is 1.45 bits per heavy atom. The van der Waals surface area contributed by atoms with E-state index in [1.54, 1.807) is 0 Å². The molecule has 4 N–H and O–H groups in total. The third kappa shape index (κ3) is 7.26. The number of hydrogen-bond acceptors (Lipinski definition) is 9. The van der Waals surface area contributed by atoms with Crippen LogP contribution in [-0.4, -0.2) is 77.3 Å². The third-order valence-electron chi connectivity index (χ3n) is 8.66. The van der Waals surface area contributed by atoms with Crippen LogP contribution < -0.4 is 31.1 Å². The van der Waals surface area contributed by atoms with E-state index in [4.69, 9.17) is 15.7 Å². The summed E-state index contributed by atoms with van der Waals surface area (Å²) in [4.78, 5) is 37.4. The summed E-state index contributed by atoms with van der Waals surface area (Å²) in [5.74, 6) is 1.78. The minimum absolute atomic E-state index is 0. The molecule has 2 amide bonds. The Morgan fingerprint density at radius 1 is 0.851 bits per heavy atom. The lowest BCUT2D eigenvalue weighted by molar-refractivity contribution is 0.244. The number of nitrogens with two attached hydrogens (primary N) is 1. The molecule has 0 aliphatic carbocycles. The number of nitrogens with zero attached hydrogens (tertiary/aromatic N) is 7. The van der Waals surface area contributed by atoms with Crippen molar-refractivity contribution in [3.05, 3.63) is 72.3 Å². The molecule has 11 nitrogen and oxygen atoms in total. The number of amides is 2. The van der Waals surface area contributed by atoms with E-state index in [0.29, 0.717) is 12.6 Å². The molecule has 0 unspecified atom stereocenters. The SMILES string of the molecule is CCN.CCNC(=O)N1c2nc(-c3ccc(C)nc3)ccc2N2CC[C@H]1C2.Cc1ccc(-c2ccc3c(n2)N[C@H]2CCN3C2)cn1.Cl. The number of anilines is 4. The molecular weight excluding hydrogens is 612 g/mol. The average molecular weight is 657 g/mol. The predicted octanol–water partition coefficient (Wildman–Crippen LogP) is 5.42. The highest BCUT2D eigenvalue weighted by Gasteiger charge is 2.40. The fourth-order valence-corrected chi connectivity index (χ4v) is 6.37. The molecule has 0 radical (unpaired) electrons. The summed E-state index contributed by atoms with van der Waals surface area (Å²) in [6.45, 7) is 13.3. The quantitative estimate of drug-likeness (QED) is 0.265. The van der Waals surface area contributed by atoms with Gasteiger partial charge in [0.05, 0.1) is 28.8 Å². The van der Waals surface area contributed by atoms with Crippen LogP contribution >= 0.6 is 12.4 Å². The van der Waals surface area contributed by atoms with Gasteiger partial charge in [-0.3, -0.25) is 14.9 Å². The number of carbonyl (C=O) groups is 1. The molecule has 2 fully saturated rings. The maximum absolute atomic E-state index is 12.6. The van der Waals surface area contributed by atoms with Crippen LogP contribution in [0.15, 0.2) is 60.9 Å². The van der Waals surface area contributed by atoms with Crippen LogP contribution in [0.3, 0.4) is 0 Å². The van der Waals surface area contributed by atoms with Gasteiger partial charge in [0.25, 0.3) is 0 Å². The summed E-state index contributed by atoms with van der Waals surface area (Å²) in [6.07, 6.45) is 5.91. The molecule has 8 rings (SSSR count). The molecule has 4 bridgehead atoms. The Morgan fingerprint density at radius 3 is 2.06 bits per heavy atom. The molecule has 8 heterocycles. The molecule has 47 heavy (non-hydrogen) atoms. The van der Waals surface area contributed by atoms with Crippen LogP contribution in [-0.2, 0) is 0 Å². The van der Waals surface area contributed by atoms with Crippen molar-refractivity contribution >= 4 is 41.4 Å². The van der Waals surface area contributed by atoms with Gasteiger partial charge in [-0.15, -0.1) is 12.4 Å². The Balaban J connectivity index is 0.000000170. The van der Waals surface area contributed by atoms with E-state index >= 15 is 0 Å². The lowest BCUT2D eigenvalue weighted by Crippen LogP contribution is -2.50. The first-order valence-corrected chi connectivity index (χ1v) is 16.3. The number of nitrogens with one attached hydrogen (secondary N) is 2. The molecule has 0 saturated carbocycles. The molecule has 2 atom stereocenters. The van der Waals surface area contributed by atoms with Crippen molar-refractivity contribution in [2.75, 3.05) is 59.3 Å². The number of urea groups is 1. The van der Waals surface area contributed by atoms with Gasteiger partial charge >= 0.3 is 6.03 Å². The summed E-state index contributed by atoms with van der Waals surface area (Å²) in [5.41, 5.74) is 13.0. The van der Waals surface area contributed by atoms with Gasteiger partial charge in [0.1, 0.15) is 0 Å². The highest BCUT2D eigenvalue weighted by Crippen LogP contribution is 2.40. The number of pyridine rings is 4. The molecule has 4 aliphatic heterocycles. The van der Waals surface area contributed by atoms with Crippen molar-refractivity contribution in [3.63, 3.8) is 0 Å². The van der Waals surface area contributed by atoms with E-state index in [1.165, 1.54) is 12.1 Å². The zero-order valence-corrected chi connectivity index (χ0v) is 28.4. The zero-order valence-electron chi connectivity index (χ0n) is 27.6. The Labute approximate surface area is 283 Å². The molecule has 12 heteroatoms. The number of aryl methyl sites for hydroxylation is 2. The maximum Gasteiger partial charge on any atom is 0.323 e. The van der Waals surface area contributed by atoms with E-state index < -0.39 is 0 Å². The fourth-order valence-electron chi connectivity index (χ4n) is 6.37. The Hall–Kier alpha value is -4.48. The maximum atomic E-state index is 12.6. The molecule has 2 saturated heterocycles. The van der Waals surface area contributed by atoms with Crippen molar-refractivity contribution < 1.29 is 4.79 Å². The monoisotopic (exact) mass is 656 g/mol. The molecule has 0 aromatic carbocycles. The predicted molar refractivity (Wildman–Crippen MR) is 193 cm³/mol. The number of halogens is 1. The van der Waals surface area contributed by atoms with E-state index in [0.717, 1.165) is 90.4 Å². The largest absolute Gasteiger partial charge is 0.366 e. The van der Waals surface area contributed by atoms with E-state index in [1.807, 2.05) is 69.3 Å². The number of rotatable bonds is 3. The van der Waals surface area contributed by atoms with Crippen molar-refractivity contribution in [2.45, 2.75) is 52.6 Å². The van der Waals surface area contributed by atoms with Gasteiger partial charge in [-0.25, -0.2) is 14.8 Å². The fraction of sp³-hybridized carbons (Fsp3) is 0.400. The van der Waals surface area contributed by atoms with Crippen LogP contribution in [0.2, 0.25) is 0 Å². The summed E-state index contributed by atoms with van der Waals surface area (Å²) in [7, 11) is 0. The molecular formula is C35H45ClN10O. The normalized spacial score (nSPS) is 17.9. The average Bonchev–Trinajstić information content (AvgIpc) is 3.66. The van der Waals surface area contributed by atoms with E-state index in [9.17, 15) is 4.79 Å². The highest BCUT2D eigenvalue weighted by molar-refractivity contribution is 5.97. The van der Waals surface area contributed by atoms with Crippen LogP contribution in [0, 0.1) is 13.8 Å². The Kier molecular flexibility index (Phi) is 10.8. The van der Waals surface area contributed by atoms with Crippen LogP contribution in [0.25, 0.3) is 22.5 Å². The number of aromatic nitrogens is 4. The molecule has 4 aliphatic rings. The van der Waals surface area contributed by atoms with Gasteiger partial charge in [0, 0.05) is 73.7 Å². The standard InChI is InChI=1S/C18H21N5O.C15H16N4.C2H7N.ClH/c1-3-19-18(24)23-14-8-9-22(11-14)16-7-6-15(21-17(16)23)13-5-4-12(2)20-10-13;1-10-2-3-11(8-16-10)13-4-5-14-15(18-13)17-12-6-7-19(14)9-12;1-2-3;/h4-7,10,14H,3,8-9,11H2,1-2H3,(H,19,24);2-5,8,12H,6-7,9H2,1H3,(H,17,18);2-3H2,1H3;1H/t14-;12-;;/m00../s1. The second kappa shape index (κ2) is 15.0. The lowest BCUT2D eigenvalue weighted by atomic mass is 10.1. The first-order valence-electron chi connectivity index (χ1n) is 16.3. The molecule has 248 valence electrons. The summed E-state index contributed by atoms with van der Waals surface area (Å²) in [6, 6.07) is 17.1. The first kappa shape index (κ1) is 33.9. The molecule has 0 spiro atoms. The third-order valence-corrected chi connectivity index (χ3v) is 8.66. The van der Waals surface area contributed by atoms with Crippen LogP contribution in [0.5, 0.6) is 0 Å². The van der Waals surface area contributed by atoms with Gasteiger partial charge in [-0.2, -0.15) is 0 Å². The Bertz CT molecular complexity index is 1670. The first-order chi connectivity index (χ1) is 22.4. The second-order valence-electron chi connectivity index (χ2n) is 12.1. The molecule has 4 aromatic rings. The van der Waals surface area contributed by atoms with Crippen LogP contribution in [0.4, 0.5) is 27.8 Å². The van der Waals surface area contributed by atoms with Gasteiger partial charge in [-0.05, 0) is 88.7 Å². The van der Waals surface area contributed by atoms with Gasteiger partial charge in [0.2, 0.25) is 0 Å². The zero-order chi connectivity index (χ0) is 32.2. The number of hydrogen-bond donors (Lipinski definition) is 3. The topological polar surface area (TPSA) is 128 Å². The van der Waals surface area contributed by atoms with Gasteiger partial charge in [-0.1, -0.05) is 6.92 Å². The van der Waals surface area contributed by atoms with E-state index in [-0.39, 0.29) is 24.5 Å². The number of carbonyl (C=O) groups excluding carboxylic acids is 1. The van der Waals surface area contributed by atoms with Crippen molar-refractivity contribution in [1.82, 2.24) is 25.3 Å². The van der Waals surface area contributed by atoms with Crippen molar-refractivity contribution in [2.24, 2.45) is 5.73 Å². The molecule has 4 aromatic heterocycles. The smallest absolute Gasteiger partial charge is 0.323 e. The highest BCUT2D eigenvalue weighted by atomic mass is 35.5. The minimum atomic E-state index is -0.0584. The second-order valence-corrected chi connectivity index (χ2v) is 12.1. The van der Waals surface area contributed by atoms with Crippen molar-refractivity contribution in [1.29, 1.82) is 0 Å². The lowest BCUT2D eigenvalue weighted by Gasteiger charge is -2.35. The van der Waals surface area contributed by atoms with Gasteiger partial charge < -0.3 is 26.2 Å². The van der Waals surface area contributed by atoms with Gasteiger partial charge in [0.15, 0.2) is 11.6 Å². The van der Waals surface area contributed by atoms with Crippen molar-refractivity contribution in [3.8, 4) is 22.5 Å².